The van der Waals surface area contributed by atoms with Crippen molar-refractivity contribution in [1.82, 2.24) is 0 Å². The van der Waals surface area contributed by atoms with Gasteiger partial charge in [-0.15, -0.1) is 0 Å². The summed E-state index contributed by atoms with van der Waals surface area (Å²) in [4.78, 5) is 0. The van der Waals surface area contributed by atoms with Gasteiger partial charge in [0.25, 0.3) is 0 Å². The van der Waals surface area contributed by atoms with E-state index in [0.29, 0.717) is 11.8 Å². The highest BCUT2D eigenvalue weighted by Crippen LogP contribution is 2.56. The van der Waals surface area contributed by atoms with Gasteiger partial charge in [0.05, 0.1) is 14.2 Å². The Morgan fingerprint density at radius 1 is 0.917 bits per heavy atom. The number of hydrogen-bond donors (Lipinski definition) is 0. The highest BCUT2D eigenvalue weighted by Gasteiger charge is 2.39. The van der Waals surface area contributed by atoms with Crippen molar-refractivity contribution in [2.45, 2.75) is 37.5 Å². The van der Waals surface area contributed by atoms with Gasteiger partial charge in [-0.3, -0.25) is 0 Å². The third kappa shape index (κ3) is 1.83. The summed E-state index contributed by atoms with van der Waals surface area (Å²) in [6.07, 6.45) is 4.84. The van der Waals surface area contributed by atoms with Crippen LogP contribution in [0, 0.1) is 0 Å². The quantitative estimate of drug-likeness (QED) is 0.769. The van der Waals surface area contributed by atoms with E-state index < -0.39 is 0 Å². The molecule has 0 saturated carbocycles. The first-order chi connectivity index (χ1) is 11.8. The van der Waals surface area contributed by atoms with Gasteiger partial charge in [0.1, 0.15) is 0 Å². The van der Waals surface area contributed by atoms with Crippen LogP contribution in [0.3, 0.4) is 0 Å². The Balaban J connectivity index is 1.68. The van der Waals surface area contributed by atoms with E-state index in [1.54, 1.807) is 25.4 Å². The van der Waals surface area contributed by atoms with Crippen LogP contribution in [-0.2, 0) is 6.42 Å². The van der Waals surface area contributed by atoms with Gasteiger partial charge in [0.2, 0.25) is 0 Å². The van der Waals surface area contributed by atoms with Gasteiger partial charge >= 0.3 is 0 Å². The molecule has 0 spiro atoms. The van der Waals surface area contributed by atoms with Crippen molar-refractivity contribution in [2.24, 2.45) is 0 Å². The van der Waals surface area contributed by atoms with Crippen LogP contribution in [0.2, 0.25) is 0 Å². The van der Waals surface area contributed by atoms with Crippen LogP contribution < -0.4 is 9.47 Å². The Bertz CT molecular complexity index is 862. The monoisotopic (exact) mass is 318 g/mol. The number of ether oxygens (including phenoxy) is 2. The summed E-state index contributed by atoms with van der Waals surface area (Å²) < 4.78 is 11.1. The topological polar surface area (TPSA) is 18.5 Å². The van der Waals surface area contributed by atoms with Crippen molar-refractivity contribution in [3.63, 3.8) is 0 Å². The average Bonchev–Trinajstić information content (AvgIpc) is 2.82. The van der Waals surface area contributed by atoms with Crippen molar-refractivity contribution in [1.29, 1.82) is 0 Å². The number of methoxy groups -OCH3 is 2. The summed E-state index contributed by atoms with van der Waals surface area (Å²) in [5.74, 6) is 2.88. The minimum absolute atomic E-state index is 0.543. The number of benzene rings is 2. The molecular formula is C22H22O2. The summed E-state index contributed by atoms with van der Waals surface area (Å²) >= 11 is 0. The highest BCUT2D eigenvalue weighted by molar-refractivity contribution is 5.80. The van der Waals surface area contributed by atoms with Crippen LogP contribution in [0.5, 0.6) is 11.5 Å². The predicted molar refractivity (Wildman–Crippen MR) is 95.9 cm³/mol. The number of fused-ring (bicyclic) bond motifs is 2. The van der Waals surface area contributed by atoms with E-state index in [-0.39, 0.29) is 0 Å². The minimum atomic E-state index is 0.543. The molecule has 2 aromatic rings. The fraction of sp³-hybridized carbons (Fsp3) is 0.364. The summed E-state index contributed by atoms with van der Waals surface area (Å²) in [5.41, 5.74) is 9.24. The number of allylic oxidation sites excluding steroid dienone is 2. The van der Waals surface area contributed by atoms with Gasteiger partial charge < -0.3 is 9.47 Å². The Labute approximate surface area is 143 Å². The largest absolute Gasteiger partial charge is 0.493 e. The van der Waals surface area contributed by atoms with E-state index in [4.69, 9.17) is 9.47 Å². The molecule has 24 heavy (non-hydrogen) atoms. The van der Waals surface area contributed by atoms with E-state index in [1.807, 2.05) is 0 Å². The van der Waals surface area contributed by atoms with E-state index in [2.05, 4.69) is 36.4 Å². The van der Waals surface area contributed by atoms with Crippen molar-refractivity contribution in [3.05, 3.63) is 64.2 Å². The van der Waals surface area contributed by atoms with Crippen LogP contribution in [-0.4, -0.2) is 14.2 Å². The number of rotatable bonds is 2. The van der Waals surface area contributed by atoms with Crippen molar-refractivity contribution in [3.8, 4) is 11.5 Å². The molecule has 0 heterocycles. The molecule has 0 amide bonds. The zero-order valence-corrected chi connectivity index (χ0v) is 14.3. The molecular weight excluding hydrogens is 296 g/mol. The smallest absolute Gasteiger partial charge is 0.161 e. The van der Waals surface area contributed by atoms with Gasteiger partial charge in [0.15, 0.2) is 11.5 Å². The highest BCUT2D eigenvalue weighted by atomic mass is 16.5. The van der Waals surface area contributed by atoms with Crippen LogP contribution in [0.15, 0.2) is 42.0 Å². The zero-order chi connectivity index (χ0) is 16.3. The lowest BCUT2D eigenvalue weighted by Crippen LogP contribution is -2.14. The molecule has 0 saturated heterocycles. The van der Waals surface area contributed by atoms with Crippen LogP contribution >= 0.6 is 0 Å². The molecule has 0 fully saturated rings. The third-order valence-corrected chi connectivity index (χ3v) is 6.19. The summed E-state index contributed by atoms with van der Waals surface area (Å²) in [5, 5.41) is 0. The molecule has 2 atom stereocenters. The number of hydrogen-bond acceptors (Lipinski definition) is 2. The zero-order valence-electron chi connectivity index (χ0n) is 14.3. The maximum Gasteiger partial charge on any atom is 0.161 e. The lowest BCUT2D eigenvalue weighted by molar-refractivity contribution is 0.352. The molecule has 2 nitrogen and oxygen atoms in total. The standard InChI is InChI=1S/C22H22O2/c1-23-21-11-17-14-7-8-16(20(17)12-22(21)24-2)19-9-13-5-3-4-6-15(13)18(19)10-14/h3-6,11-12,14,16H,7-10H2,1-2H3. The Morgan fingerprint density at radius 2 is 1.67 bits per heavy atom. The molecule has 4 aliphatic carbocycles. The van der Waals surface area contributed by atoms with E-state index >= 15 is 0 Å². The second-order valence-corrected chi connectivity index (χ2v) is 7.20. The van der Waals surface area contributed by atoms with Gasteiger partial charge in [-0.05, 0) is 71.6 Å². The Morgan fingerprint density at radius 3 is 2.46 bits per heavy atom. The van der Waals surface area contributed by atoms with Crippen molar-refractivity contribution >= 4 is 5.57 Å². The normalized spacial score (nSPS) is 23.4. The predicted octanol–water partition coefficient (Wildman–Crippen LogP) is 5.08. The molecule has 2 bridgehead atoms. The van der Waals surface area contributed by atoms with Crippen LogP contribution in [0.25, 0.3) is 5.57 Å². The van der Waals surface area contributed by atoms with Gasteiger partial charge in [-0.2, -0.15) is 0 Å². The third-order valence-electron chi connectivity index (χ3n) is 6.19. The molecule has 4 aliphatic rings. The average molecular weight is 318 g/mol. The van der Waals surface area contributed by atoms with Gasteiger partial charge in [-0.1, -0.05) is 29.8 Å². The van der Waals surface area contributed by atoms with Gasteiger partial charge in [-0.25, -0.2) is 0 Å². The molecule has 0 aliphatic heterocycles. The molecule has 0 N–H and O–H groups in total. The first-order valence-corrected chi connectivity index (χ1v) is 8.86. The maximum absolute atomic E-state index is 5.58. The summed E-state index contributed by atoms with van der Waals surface area (Å²) in [6, 6.07) is 13.4. The summed E-state index contributed by atoms with van der Waals surface area (Å²) in [7, 11) is 3.46. The SMILES string of the molecule is COc1cc2c(cc1OC)C1CCC2CC2=C1Cc1ccccc12. The van der Waals surface area contributed by atoms with Crippen LogP contribution in [0.1, 0.15) is 53.4 Å². The Kier molecular flexibility index (Phi) is 3.03. The fourth-order valence-corrected chi connectivity index (χ4v) is 5.09. The summed E-state index contributed by atoms with van der Waals surface area (Å²) in [6.45, 7) is 0. The lowest BCUT2D eigenvalue weighted by atomic mass is 9.75. The molecule has 0 radical (unpaired) electrons. The van der Waals surface area contributed by atoms with E-state index in [1.165, 1.54) is 41.5 Å². The van der Waals surface area contributed by atoms with Crippen molar-refractivity contribution in [2.75, 3.05) is 14.2 Å². The molecule has 2 unspecified atom stereocenters. The molecule has 2 heteroatoms. The first kappa shape index (κ1) is 14.2. The van der Waals surface area contributed by atoms with Crippen molar-refractivity contribution < 1.29 is 9.47 Å². The fourth-order valence-electron chi connectivity index (χ4n) is 5.09. The van der Waals surface area contributed by atoms with Gasteiger partial charge in [0, 0.05) is 5.92 Å². The lowest BCUT2D eigenvalue weighted by Gasteiger charge is -2.30. The molecule has 122 valence electrons. The molecule has 0 aromatic heterocycles. The second-order valence-electron chi connectivity index (χ2n) is 7.20. The van der Waals surface area contributed by atoms with E-state index in [9.17, 15) is 0 Å². The second kappa shape index (κ2) is 5.14. The Hall–Kier alpha value is -2.22. The molecule has 2 aromatic carbocycles. The van der Waals surface area contributed by atoms with Crippen LogP contribution in [0.4, 0.5) is 0 Å². The minimum Gasteiger partial charge on any atom is -0.493 e. The molecule has 6 rings (SSSR count). The maximum atomic E-state index is 5.58. The van der Waals surface area contributed by atoms with E-state index in [0.717, 1.165) is 17.9 Å². The first-order valence-electron chi connectivity index (χ1n) is 8.86.